The summed E-state index contributed by atoms with van der Waals surface area (Å²) < 4.78 is 6.27. The van der Waals surface area contributed by atoms with Gasteiger partial charge in [-0.3, -0.25) is 4.98 Å². The van der Waals surface area contributed by atoms with Gasteiger partial charge in [0, 0.05) is 24.0 Å². The maximum absolute atomic E-state index is 6.27. The molecule has 1 aliphatic rings. The molecule has 0 bridgehead atoms. The second-order valence-electron chi connectivity index (χ2n) is 6.19. The Hall–Kier alpha value is -1.61. The van der Waals surface area contributed by atoms with Gasteiger partial charge in [0.2, 0.25) is 0 Å². The molecule has 0 unspecified atom stereocenters. The van der Waals surface area contributed by atoms with Crippen LogP contribution in [0, 0.1) is 0 Å². The molecule has 0 amide bonds. The van der Waals surface area contributed by atoms with Gasteiger partial charge >= 0.3 is 0 Å². The highest BCUT2D eigenvalue weighted by atomic mass is 16.5. The van der Waals surface area contributed by atoms with Gasteiger partial charge in [0.25, 0.3) is 0 Å². The van der Waals surface area contributed by atoms with Crippen LogP contribution in [-0.2, 0) is 6.54 Å². The smallest absolute Gasteiger partial charge is 0.130 e. The number of ether oxygens (including phenoxy) is 1. The summed E-state index contributed by atoms with van der Waals surface area (Å²) in [5.41, 5.74) is 2.07. The van der Waals surface area contributed by atoms with Crippen LogP contribution in [0.15, 0.2) is 30.3 Å². The van der Waals surface area contributed by atoms with Crippen LogP contribution in [0.5, 0.6) is 5.75 Å². The summed E-state index contributed by atoms with van der Waals surface area (Å²) >= 11 is 0. The standard InChI is InChI=1S/C18H24N2O/c1-13(2)19-12-14-11-18(21-15-7-3-4-8-15)16-9-5-6-10-17(16)20-14/h5-6,9-11,13,15,19H,3-4,7-8,12H2,1-2H3. The molecule has 2 aromatic rings. The van der Waals surface area contributed by atoms with Crippen molar-refractivity contribution < 1.29 is 4.74 Å². The monoisotopic (exact) mass is 284 g/mol. The molecule has 1 aromatic heterocycles. The van der Waals surface area contributed by atoms with Crippen molar-refractivity contribution in [3.63, 3.8) is 0 Å². The van der Waals surface area contributed by atoms with Crippen molar-refractivity contribution in [1.29, 1.82) is 0 Å². The molecular formula is C18H24N2O. The number of fused-ring (bicyclic) bond motifs is 1. The van der Waals surface area contributed by atoms with Crippen molar-refractivity contribution in [2.24, 2.45) is 0 Å². The first-order valence-corrected chi connectivity index (χ1v) is 8.01. The van der Waals surface area contributed by atoms with Gasteiger partial charge in [-0.1, -0.05) is 26.0 Å². The number of para-hydroxylation sites is 1. The van der Waals surface area contributed by atoms with Gasteiger partial charge in [0.15, 0.2) is 0 Å². The van der Waals surface area contributed by atoms with Gasteiger partial charge in [-0.25, -0.2) is 0 Å². The normalized spacial score (nSPS) is 16.0. The van der Waals surface area contributed by atoms with Gasteiger partial charge in [0.1, 0.15) is 5.75 Å². The van der Waals surface area contributed by atoms with Crippen molar-refractivity contribution in [3.05, 3.63) is 36.0 Å². The molecular weight excluding hydrogens is 260 g/mol. The van der Waals surface area contributed by atoms with E-state index in [1.807, 2.05) is 6.07 Å². The maximum Gasteiger partial charge on any atom is 0.130 e. The Kier molecular flexibility index (Phi) is 4.39. The minimum atomic E-state index is 0.377. The van der Waals surface area contributed by atoms with E-state index in [2.05, 4.69) is 43.4 Å². The minimum absolute atomic E-state index is 0.377. The summed E-state index contributed by atoms with van der Waals surface area (Å²) in [5, 5.41) is 4.55. The zero-order chi connectivity index (χ0) is 14.7. The fourth-order valence-electron chi connectivity index (χ4n) is 2.88. The second kappa shape index (κ2) is 6.44. The number of aromatic nitrogens is 1. The summed E-state index contributed by atoms with van der Waals surface area (Å²) in [5.74, 6) is 0.994. The third kappa shape index (κ3) is 3.53. The zero-order valence-corrected chi connectivity index (χ0v) is 12.9. The van der Waals surface area contributed by atoms with E-state index in [1.165, 1.54) is 25.7 Å². The van der Waals surface area contributed by atoms with Gasteiger partial charge in [-0.05, 0) is 37.8 Å². The van der Waals surface area contributed by atoms with E-state index in [1.54, 1.807) is 0 Å². The third-order valence-corrected chi connectivity index (χ3v) is 4.02. The van der Waals surface area contributed by atoms with E-state index in [-0.39, 0.29) is 0 Å². The fraction of sp³-hybridized carbons (Fsp3) is 0.500. The van der Waals surface area contributed by atoms with Crippen LogP contribution in [0.1, 0.15) is 45.2 Å². The van der Waals surface area contributed by atoms with Crippen molar-refractivity contribution in [3.8, 4) is 5.75 Å². The first kappa shape index (κ1) is 14.3. The molecule has 3 nitrogen and oxygen atoms in total. The quantitative estimate of drug-likeness (QED) is 0.899. The lowest BCUT2D eigenvalue weighted by Gasteiger charge is -2.16. The first-order valence-electron chi connectivity index (χ1n) is 8.01. The number of nitrogens with zero attached hydrogens (tertiary/aromatic N) is 1. The van der Waals surface area contributed by atoms with Crippen LogP contribution in [0.3, 0.4) is 0 Å². The Balaban J connectivity index is 1.90. The van der Waals surface area contributed by atoms with E-state index in [0.29, 0.717) is 12.1 Å². The molecule has 21 heavy (non-hydrogen) atoms. The predicted octanol–water partition coefficient (Wildman–Crippen LogP) is 4.05. The molecule has 0 atom stereocenters. The maximum atomic E-state index is 6.27. The summed E-state index contributed by atoms with van der Waals surface area (Å²) in [6.45, 7) is 5.08. The van der Waals surface area contributed by atoms with Crippen LogP contribution in [0.2, 0.25) is 0 Å². The molecule has 0 aliphatic heterocycles. The second-order valence-corrected chi connectivity index (χ2v) is 6.19. The summed E-state index contributed by atoms with van der Waals surface area (Å²) in [4.78, 5) is 4.74. The average molecular weight is 284 g/mol. The Morgan fingerprint density at radius 2 is 2.00 bits per heavy atom. The highest BCUT2D eigenvalue weighted by Crippen LogP contribution is 2.30. The largest absolute Gasteiger partial charge is 0.490 e. The van der Waals surface area contributed by atoms with Gasteiger partial charge in [-0.15, -0.1) is 0 Å². The average Bonchev–Trinajstić information content (AvgIpc) is 2.98. The Morgan fingerprint density at radius 3 is 2.76 bits per heavy atom. The molecule has 3 heteroatoms. The fourth-order valence-corrected chi connectivity index (χ4v) is 2.88. The molecule has 1 aliphatic carbocycles. The molecule has 112 valence electrons. The van der Waals surface area contributed by atoms with Crippen molar-refractivity contribution in [1.82, 2.24) is 10.3 Å². The van der Waals surface area contributed by atoms with E-state index in [0.717, 1.165) is 28.9 Å². The molecule has 1 saturated carbocycles. The molecule has 1 N–H and O–H groups in total. The van der Waals surface area contributed by atoms with E-state index in [4.69, 9.17) is 9.72 Å². The number of rotatable bonds is 5. The number of hydrogen-bond donors (Lipinski definition) is 1. The van der Waals surface area contributed by atoms with Crippen LogP contribution >= 0.6 is 0 Å². The topological polar surface area (TPSA) is 34.1 Å². The minimum Gasteiger partial charge on any atom is -0.490 e. The Bertz CT molecular complexity index is 603. The number of hydrogen-bond acceptors (Lipinski definition) is 3. The van der Waals surface area contributed by atoms with Crippen molar-refractivity contribution >= 4 is 10.9 Å². The first-order chi connectivity index (χ1) is 10.2. The molecule has 0 spiro atoms. The highest BCUT2D eigenvalue weighted by Gasteiger charge is 2.18. The number of nitrogens with one attached hydrogen (secondary N) is 1. The van der Waals surface area contributed by atoms with Crippen molar-refractivity contribution in [2.75, 3.05) is 0 Å². The summed E-state index contributed by atoms with van der Waals surface area (Å²) in [6, 6.07) is 10.8. The summed E-state index contributed by atoms with van der Waals surface area (Å²) in [6.07, 6.45) is 5.30. The molecule has 0 saturated heterocycles. The van der Waals surface area contributed by atoms with Crippen LogP contribution < -0.4 is 10.1 Å². The van der Waals surface area contributed by atoms with E-state index >= 15 is 0 Å². The van der Waals surface area contributed by atoms with Gasteiger partial charge in [0.05, 0.1) is 17.3 Å². The van der Waals surface area contributed by atoms with Crippen LogP contribution in [-0.4, -0.2) is 17.1 Å². The third-order valence-electron chi connectivity index (χ3n) is 4.02. The van der Waals surface area contributed by atoms with Gasteiger partial charge < -0.3 is 10.1 Å². The highest BCUT2D eigenvalue weighted by molar-refractivity contribution is 5.85. The lowest BCUT2D eigenvalue weighted by atomic mass is 10.1. The lowest BCUT2D eigenvalue weighted by molar-refractivity contribution is 0.212. The molecule has 3 rings (SSSR count). The predicted molar refractivity (Wildman–Crippen MR) is 86.6 cm³/mol. The van der Waals surface area contributed by atoms with Crippen LogP contribution in [0.4, 0.5) is 0 Å². The van der Waals surface area contributed by atoms with Crippen molar-refractivity contribution in [2.45, 2.75) is 58.2 Å². The molecule has 1 fully saturated rings. The van der Waals surface area contributed by atoms with Gasteiger partial charge in [-0.2, -0.15) is 0 Å². The Morgan fingerprint density at radius 1 is 1.24 bits per heavy atom. The summed E-state index contributed by atoms with van der Waals surface area (Å²) in [7, 11) is 0. The van der Waals surface area contributed by atoms with E-state index in [9.17, 15) is 0 Å². The number of pyridine rings is 1. The molecule has 1 aromatic carbocycles. The van der Waals surface area contributed by atoms with Crippen LogP contribution in [0.25, 0.3) is 10.9 Å². The molecule has 0 radical (unpaired) electrons. The number of benzene rings is 1. The van der Waals surface area contributed by atoms with E-state index < -0.39 is 0 Å². The zero-order valence-electron chi connectivity index (χ0n) is 12.9. The molecule has 1 heterocycles. The Labute approximate surface area is 126 Å². The SMILES string of the molecule is CC(C)NCc1cc(OC2CCCC2)c2ccccc2n1. The lowest BCUT2D eigenvalue weighted by Crippen LogP contribution is -2.22.